The highest BCUT2D eigenvalue weighted by molar-refractivity contribution is 7.99. The van der Waals surface area contributed by atoms with Crippen molar-refractivity contribution in [2.45, 2.75) is 17.7 Å². The lowest BCUT2D eigenvalue weighted by molar-refractivity contribution is -0.141. The van der Waals surface area contributed by atoms with Crippen LogP contribution in [-0.4, -0.2) is 41.4 Å². The highest BCUT2D eigenvalue weighted by atomic mass is 35.5. The van der Waals surface area contributed by atoms with Gasteiger partial charge in [0.25, 0.3) is 0 Å². The lowest BCUT2D eigenvalue weighted by atomic mass is 10.1. The topological polar surface area (TPSA) is 40.5 Å². The summed E-state index contributed by atoms with van der Waals surface area (Å²) in [6.45, 7) is 2.58. The fraction of sp³-hybridized carbons (Fsp3) is 0.500. The minimum atomic E-state index is -0.659. The number of halogens is 1. The average molecular weight is 300 g/mol. The third-order valence-corrected chi connectivity index (χ3v) is 4.94. The van der Waals surface area contributed by atoms with Crippen LogP contribution in [0.1, 0.15) is 12.8 Å². The molecule has 1 unspecified atom stereocenters. The molecule has 2 rings (SSSR count). The maximum Gasteiger partial charge on any atom is 0.307 e. The van der Waals surface area contributed by atoms with Crippen LogP contribution in [-0.2, 0) is 4.79 Å². The predicted molar refractivity (Wildman–Crippen MR) is 79.0 cm³/mol. The van der Waals surface area contributed by atoms with E-state index >= 15 is 0 Å². The Kier molecular flexibility index (Phi) is 5.55. The summed E-state index contributed by atoms with van der Waals surface area (Å²) in [6.07, 6.45) is 1.84. The number of carboxylic acids is 1. The van der Waals surface area contributed by atoms with Crippen molar-refractivity contribution in [1.82, 2.24) is 4.90 Å². The van der Waals surface area contributed by atoms with Gasteiger partial charge in [-0.3, -0.25) is 4.79 Å². The summed E-state index contributed by atoms with van der Waals surface area (Å²) in [5.74, 6) is 0.182. The predicted octanol–water partition coefficient (Wildman–Crippen LogP) is 3.23. The molecule has 1 aliphatic heterocycles. The van der Waals surface area contributed by atoms with Crippen molar-refractivity contribution >= 4 is 29.3 Å². The van der Waals surface area contributed by atoms with Gasteiger partial charge in [-0.15, -0.1) is 11.8 Å². The molecule has 19 heavy (non-hydrogen) atoms. The van der Waals surface area contributed by atoms with Crippen molar-refractivity contribution in [3.63, 3.8) is 0 Å². The molecule has 1 aromatic rings. The van der Waals surface area contributed by atoms with Crippen LogP contribution < -0.4 is 0 Å². The van der Waals surface area contributed by atoms with Crippen LogP contribution >= 0.6 is 23.4 Å². The van der Waals surface area contributed by atoms with Gasteiger partial charge in [-0.1, -0.05) is 23.7 Å². The summed E-state index contributed by atoms with van der Waals surface area (Å²) in [5, 5.41) is 9.74. The zero-order valence-electron chi connectivity index (χ0n) is 10.7. The molecule has 0 aliphatic carbocycles. The number of hydrogen-bond acceptors (Lipinski definition) is 3. The third-order valence-electron chi connectivity index (χ3n) is 3.33. The van der Waals surface area contributed by atoms with Crippen LogP contribution in [0.3, 0.4) is 0 Å². The Hall–Kier alpha value is -0.710. The quantitative estimate of drug-likeness (QED) is 0.647. The largest absolute Gasteiger partial charge is 0.481 e. The van der Waals surface area contributed by atoms with Crippen molar-refractivity contribution in [3.05, 3.63) is 29.3 Å². The first-order valence-electron chi connectivity index (χ1n) is 6.49. The summed E-state index contributed by atoms with van der Waals surface area (Å²) < 4.78 is 0. The summed E-state index contributed by atoms with van der Waals surface area (Å²) >= 11 is 7.85. The maximum atomic E-state index is 10.9. The highest BCUT2D eigenvalue weighted by Crippen LogP contribution is 2.27. The van der Waals surface area contributed by atoms with Crippen molar-refractivity contribution < 1.29 is 9.90 Å². The van der Waals surface area contributed by atoms with Gasteiger partial charge in [-0.05, 0) is 43.8 Å². The van der Waals surface area contributed by atoms with Gasteiger partial charge in [0, 0.05) is 11.4 Å². The summed E-state index contributed by atoms with van der Waals surface area (Å²) in [6, 6.07) is 7.86. The number of aliphatic carboxylic acids is 1. The molecule has 1 atom stereocenters. The van der Waals surface area contributed by atoms with Crippen LogP contribution in [0.25, 0.3) is 0 Å². The van der Waals surface area contributed by atoms with Crippen LogP contribution in [0.15, 0.2) is 29.2 Å². The smallest absolute Gasteiger partial charge is 0.307 e. The van der Waals surface area contributed by atoms with E-state index in [2.05, 4.69) is 4.90 Å². The number of hydrogen-bond donors (Lipinski definition) is 1. The number of benzene rings is 1. The standard InChI is InChI=1S/C14H18ClNO2S/c15-12-4-1-2-5-13(12)19-9-3-7-16-8-6-11(10-16)14(17)18/h1-2,4-5,11H,3,6-10H2,(H,17,18). The summed E-state index contributed by atoms with van der Waals surface area (Å²) in [4.78, 5) is 14.2. The highest BCUT2D eigenvalue weighted by Gasteiger charge is 2.27. The molecule has 1 heterocycles. The Morgan fingerprint density at radius 2 is 2.26 bits per heavy atom. The van der Waals surface area contributed by atoms with Gasteiger partial charge in [-0.2, -0.15) is 0 Å². The molecular weight excluding hydrogens is 282 g/mol. The normalized spacial score (nSPS) is 19.7. The SMILES string of the molecule is O=C(O)C1CCN(CCCSc2ccccc2Cl)C1. The van der Waals surface area contributed by atoms with E-state index in [1.165, 1.54) is 0 Å². The number of carboxylic acid groups (broad SMARTS) is 1. The number of rotatable bonds is 6. The number of likely N-dealkylation sites (tertiary alicyclic amines) is 1. The van der Waals surface area contributed by atoms with Crippen molar-refractivity contribution in [2.75, 3.05) is 25.4 Å². The molecule has 1 N–H and O–H groups in total. The van der Waals surface area contributed by atoms with E-state index in [1.54, 1.807) is 11.8 Å². The zero-order chi connectivity index (χ0) is 13.7. The molecule has 5 heteroatoms. The van der Waals surface area contributed by atoms with Crippen molar-refractivity contribution in [3.8, 4) is 0 Å². The molecule has 0 bridgehead atoms. The summed E-state index contributed by atoms with van der Waals surface area (Å²) in [7, 11) is 0. The lowest BCUT2D eigenvalue weighted by Crippen LogP contribution is -2.24. The Morgan fingerprint density at radius 1 is 1.47 bits per heavy atom. The molecule has 1 aliphatic rings. The number of nitrogens with zero attached hydrogens (tertiary/aromatic N) is 1. The molecule has 0 aromatic heterocycles. The van der Waals surface area contributed by atoms with E-state index in [0.717, 1.165) is 41.6 Å². The maximum absolute atomic E-state index is 10.9. The van der Waals surface area contributed by atoms with Gasteiger partial charge in [0.05, 0.1) is 10.9 Å². The van der Waals surface area contributed by atoms with Gasteiger partial charge < -0.3 is 10.0 Å². The Labute approximate surface area is 122 Å². The van der Waals surface area contributed by atoms with Crippen LogP contribution in [0.4, 0.5) is 0 Å². The van der Waals surface area contributed by atoms with Crippen molar-refractivity contribution in [1.29, 1.82) is 0 Å². The van der Waals surface area contributed by atoms with Crippen LogP contribution in [0.2, 0.25) is 5.02 Å². The second-order valence-corrected chi connectivity index (χ2v) is 6.30. The van der Waals surface area contributed by atoms with Gasteiger partial charge in [0.2, 0.25) is 0 Å². The molecule has 1 fully saturated rings. The number of carbonyl (C=O) groups is 1. The second-order valence-electron chi connectivity index (χ2n) is 4.76. The van der Waals surface area contributed by atoms with E-state index in [4.69, 9.17) is 16.7 Å². The van der Waals surface area contributed by atoms with Crippen molar-refractivity contribution in [2.24, 2.45) is 5.92 Å². The van der Waals surface area contributed by atoms with E-state index < -0.39 is 5.97 Å². The van der Waals surface area contributed by atoms with E-state index in [9.17, 15) is 4.79 Å². The van der Waals surface area contributed by atoms with Gasteiger partial charge in [-0.25, -0.2) is 0 Å². The first kappa shape index (κ1) is 14.7. The molecule has 0 spiro atoms. The van der Waals surface area contributed by atoms with Gasteiger partial charge >= 0.3 is 5.97 Å². The number of thioether (sulfide) groups is 1. The molecule has 3 nitrogen and oxygen atoms in total. The zero-order valence-corrected chi connectivity index (χ0v) is 12.3. The van der Waals surface area contributed by atoms with E-state index in [-0.39, 0.29) is 5.92 Å². The Morgan fingerprint density at radius 3 is 2.95 bits per heavy atom. The molecule has 1 aromatic carbocycles. The Balaban J connectivity index is 1.65. The fourth-order valence-corrected chi connectivity index (χ4v) is 3.44. The molecule has 0 saturated carbocycles. The lowest BCUT2D eigenvalue weighted by Gasteiger charge is -2.14. The summed E-state index contributed by atoms with van der Waals surface area (Å²) in [5.41, 5.74) is 0. The van der Waals surface area contributed by atoms with Gasteiger partial charge in [0.15, 0.2) is 0 Å². The van der Waals surface area contributed by atoms with Crippen LogP contribution in [0.5, 0.6) is 0 Å². The first-order valence-corrected chi connectivity index (χ1v) is 7.85. The molecule has 0 amide bonds. The molecule has 1 saturated heterocycles. The minimum Gasteiger partial charge on any atom is -0.481 e. The first-order chi connectivity index (χ1) is 9.16. The average Bonchev–Trinajstić information content (AvgIpc) is 2.85. The monoisotopic (exact) mass is 299 g/mol. The van der Waals surface area contributed by atoms with Gasteiger partial charge in [0.1, 0.15) is 0 Å². The molecule has 104 valence electrons. The van der Waals surface area contributed by atoms with E-state index in [1.807, 2.05) is 24.3 Å². The van der Waals surface area contributed by atoms with Crippen LogP contribution in [0, 0.1) is 5.92 Å². The second kappa shape index (κ2) is 7.17. The fourth-order valence-electron chi connectivity index (χ4n) is 2.27. The minimum absolute atomic E-state index is 0.170. The molecular formula is C14H18ClNO2S. The third kappa shape index (κ3) is 4.41. The Bertz CT molecular complexity index is 441. The molecule has 0 radical (unpaired) electrons. The van der Waals surface area contributed by atoms with E-state index in [0.29, 0.717) is 6.54 Å².